The monoisotopic (exact) mass is 430 g/mol. The quantitative estimate of drug-likeness (QED) is 0.482. The van der Waals surface area contributed by atoms with Crippen molar-refractivity contribution in [1.29, 1.82) is 0 Å². The summed E-state index contributed by atoms with van der Waals surface area (Å²) in [4.78, 5) is 0. The first-order valence-electron chi connectivity index (χ1n) is 9.82. The van der Waals surface area contributed by atoms with E-state index in [4.69, 9.17) is 0 Å². The van der Waals surface area contributed by atoms with Crippen LogP contribution in [0.2, 0.25) is 0 Å². The van der Waals surface area contributed by atoms with E-state index in [1.165, 1.54) is 27.8 Å². The Labute approximate surface area is 175 Å². The van der Waals surface area contributed by atoms with Gasteiger partial charge in [-0.3, -0.25) is 0 Å². The number of rotatable bonds is 3. The van der Waals surface area contributed by atoms with Crippen LogP contribution < -0.4 is 0 Å². The molecule has 4 rings (SSSR count). The number of benzene rings is 2. The molecule has 0 fully saturated rings. The van der Waals surface area contributed by atoms with Crippen LogP contribution >= 0.6 is 0 Å². The molecule has 0 amide bonds. The topological polar surface area (TPSA) is 0 Å². The molecule has 1 unspecified atom stereocenters. The molecule has 0 nitrogen and oxygen atoms in total. The Kier molecular flexibility index (Phi) is 4.59. The van der Waals surface area contributed by atoms with E-state index < -0.39 is 23.2 Å². The molecule has 0 radical (unpaired) electrons. The fourth-order valence-electron chi connectivity index (χ4n) is 4.74. The van der Waals surface area contributed by atoms with Crippen LogP contribution in [0.1, 0.15) is 58.2 Å². The zero-order valence-electron chi connectivity index (χ0n) is 17.3. The van der Waals surface area contributed by atoms with Gasteiger partial charge in [0.1, 0.15) is 0 Å². The zero-order chi connectivity index (χ0) is 19.4. The SMILES string of the molecule is CC1=C(C)C(C)(C)[C]([Zr][C]2(C)C(c3ccccc3)=Cc3ccccc32)=C1C. The van der Waals surface area contributed by atoms with E-state index in [2.05, 4.69) is 102 Å². The molecule has 0 bridgehead atoms. The average molecular weight is 432 g/mol. The number of hydrogen-bond donors (Lipinski definition) is 0. The summed E-state index contributed by atoms with van der Waals surface area (Å²) < 4.78 is 1.93. The predicted molar refractivity (Wildman–Crippen MR) is 113 cm³/mol. The second kappa shape index (κ2) is 6.56. The van der Waals surface area contributed by atoms with Crippen LogP contribution in [0.3, 0.4) is 0 Å². The van der Waals surface area contributed by atoms with Crippen molar-refractivity contribution in [2.75, 3.05) is 0 Å². The van der Waals surface area contributed by atoms with Crippen LogP contribution in [0.5, 0.6) is 0 Å². The van der Waals surface area contributed by atoms with Gasteiger partial charge in [-0.1, -0.05) is 0 Å². The molecule has 27 heavy (non-hydrogen) atoms. The van der Waals surface area contributed by atoms with Gasteiger partial charge in [0.25, 0.3) is 0 Å². The Morgan fingerprint density at radius 1 is 0.741 bits per heavy atom. The number of allylic oxidation sites excluding steroid dienone is 5. The Morgan fingerprint density at radius 2 is 1.37 bits per heavy atom. The van der Waals surface area contributed by atoms with Gasteiger partial charge in [0.05, 0.1) is 0 Å². The van der Waals surface area contributed by atoms with Crippen molar-refractivity contribution in [3.63, 3.8) is 0 Å². The Morgan fingerprint density at radius 3 is 2.00 bits per heavy atom. The third kappa shape index (κ3) is 2.82. The molecule has 0 N–H and O–H groups in total. The molecular weight excluding hydrogens is 404 g/mol. The van der Waals surface area contributed by atoms with Crippen molar-refractivity contribution in [2.45, 2.75) is 44.7 Å². The number of fused-ring (bicyclic) bond motifs is 1. The molecule has 0 saturated heterocycles. The van der Waals surface area contributed by atoms with Gasteiger partial charge in [-0.2, -0.15) is 0 Å². The molecule has 0 heterocycles. The van der Waals surface area contributed by atoms with Crippen LogP contribution in [0.15, 0.2) is 74.6 Å². The third-order valence-corrected chi connectivity index (χ3v) is 12.5. The van der Waals surface area contributed by atoms with Crippen molar-refractivity contribution in [3.8, 4) is 0 Å². The molecule has 0 aliphatic heterocycles. The van der Waals surface area contributed by atoms with E-state index >= 15 is 0 Å². The molecule has 2 aliphatic carbocycles. The first-order valence-corrected chi connectivity index (χ1v) is 12.3. The molecule has 0 aromatic heterocycles. The van der Waals surface area contributed by atoms with Crippen LogP contribution in [0, 0.1) is 5.41 Å². The summed E-state index contributed by atoms with van der Waals surface area (Å²) in [5.41, 5.74) is 10.7. The van der Waals surface area contributed by atoms with Gasteiger partial charge in [0.15, 0.2) is 0 Å². The summed E-state index contributed by atoms with van der Waals surface area (Å²) >= 11 is -0.946. The third-order valence-electron chi connectivity index (χ3n) is 6.86. The summed E-state index contributed by atoms with van der Waals surface area (Å²) in [6.07, 6.45) is 2.45. The van der Waals surface area contributed by atoms with Crippen molar-refractivity contribution >= 4 is 11.6 Å². The van der Waals surface area contributed by atoms with Crippen molar-refractivity contribution in [1.82, 2.24) is 0 Å². The molecule has 2 aromatic rings. The summed E-state index contributed by atoms with van der Waals surface area (Å²) in [7, 11) is 0. The molecule has 0 spiro atoms. The number of hydrogen-bond acceptors (Lipinski definition) is 0. The van der Waals surface area contributed by atoms with E-state index in [1.54, 1.807) is 14.4 Å². The van der Waals surface area contributed by atoms with Crippen LogP contribution in [-0.4, -0.2) is 0 Å². The molecule has 1 atom stereocenters. The zero-order valence-corrected chi connectivity index (χ0v) is 19.7. The van der Waals surface area contributed by atoms with Gasteiger partial charge < -0.3 is 0 Å². The Bertz CT molecular complexity index is 1000. The molecule has 0 saturated carbocycles. The minimum absolute atomic E-state index is 0.167. The first-order chi connectivity index (χ1) is 12.8. The van der Waals surface area contributed by atoms with E-state index in [-0.39, 0.29) is 8.54 Å². The fraction of sp³-hybridized carbons (Fsp3) is 0.308. The normalized spacial score (nSPS) is 23.6. The van der Waals surface area contributed by atoms with Gasteiger partial charge >= 0.3 is 176 Å². The van der Waals surface area contributed by atoms with Crippen LogP contribution in [0.25, 0.3) is 11.6 Å². The molecular formula is C26H28Zr. The van der Waals surface area contributed by atoms with Crippen molar-refractivity contribution in [3.05, 3.63) is 91.3 Å². The average Bonchev–Trinajstić information content (AvgIpc) is 3.04. The Balaban J connectivity index is 1.86. The molecule has 1 heteroatoms. The van der Waals surface area contributed by atoms with Crippen LogP contribution in [0.4, 0.5) is 0 Å². The van der Waals surface area contributed by atoms with E-state index in [1.807, 2.05) is 0 Å². The van der Waals surface area contributed by atoms with Gasteiger partial charge in [-0.25, -0.2) is 0 Å². The van der Waals surface area contributed by atoms with Crippen LogP contribution in [-0.2, 0) is 26.4 Å². The second-order valence-corrected chi connectivity index (χ2v) is 12.9. The van der Waals surface area contributed by atoms with E-state index in [0.29, 0.717) is 0 Å². The molecule has 2 aliphatic rings. The summed E-state index contributed by atoms with van der Waals surface area (Å²) in [5.74, 6) is 0. The minimum atomic E-state index is -0.946. The van der Waals surface area contributed by atoms with Gasteiger partial charge in [0, 0.05) is 0 Å². The first kappa shape index (κ1) is 18.9. The molecule has 2 aromatic carbocycles. The Hall–Kier alpha value is -1.46. The van der Waals surface area contributed by atoms with Gasteiger partial charge in [-0.05, 0) is 0 Å². The summed E-state index contributed by atoms with van der Waals surface area (Å²) in [6, 6.07) is 20.1. The summed E-state index contributed by atoms with van der Waals surface area (Å²) in [6.45, 7) is 14.4. The fourth-order valence-corrected chi connectivity index (χ4v) is 9.87. The maximum absolute atomic E-state index is 2.52. The van der Waals surface area contributed by atoms with E-state index in [9.17, 15) is 0 Å². The summed E-state index contributed by atoms with van der Waals surface area (Å²) in [5, 5.41) is 0. The predicted octanol–water partition coefficient (Wildman–Crippen LogP) is 7.19. The standard InChI is InChI=1S/C16H13.C10H15.Zr/c1-12-15-10-6-5-9-14(15)11-16(12)13-7-3-2-4-8-13;1-7-6-10(4,5)9(3)8(7)2;/h2-11H,1H3;1-5H3;. The van der Waals surface area contributed by atoms with Gasteiger partial charge in [0.2, 0.25) is 0 Å². The maximum atomic E-state index is 2.52. The van der Waals surface area contributed by atoms with Crippen molar-refractivity contribution in [2.24, 2.45) is 5.41 Å². The molecule has 136 valence electrons. The van der Waals surface area contributed by atoms with Gasteiger partial charge in [-0.15, -0.1) is 0 Å². The van der Waals surface area contributed by atoms with E-state index in [0.717, 1.165) is 0 Å². The second-order valence-electron chi connectivity index (χ2n) is 8.64. The van der Waals surface area contributed by atoms with Crippen molar-refractivity contribution < 1.29 is 23.2 Å².